The first-order valence-corrected chi connectivity index (χ1v) is 11.6. The fraction of sp³-hybridized carbons (Fsp3) is 0.214. The number of nitrogens with zero attached hydrogens (tertiary/aromatic N) is 1. The van der Waals surface area contributed by atoms with Crippen molar-refractivity contribution in [3.05, 3.63) is 106 Å². The predicted octanol–water partition coefficient (Wildman–Crippen LogP) is 5.14. The van der Waals surface area contributed by atoms with Crippen LogP contribution in [0.1, 0.15) is 46.5 Å². The van der Waals surface area contributed by atoms with Gasteiger partial charge in [0, 0.05) is 23.7 Å². The van der Waals surface area contributed by atoms with Gasteiger partial charge in [0.15, 0.2) is 0 Å². The lowest BCUT2D eigenvalue weighted by atomic mass is 9.96. The number of benzene rings is 3. The largest absolute Gasteiger partial charge is 0.454 e. The summed E-state index contributed by atoms with van der Waals surface area (Å²) in [4.78, 5) is 24.8. The quantitative estimate of drug-likeness (QED) is 0.324. The molecule has 0 bridgehead atoms. The fourth-order valence-electron chi connectivity index (χ4n) is 5.21. The van der Waals surface area contributed by atoms with E-state index in [9.17, 15) is 14.0 Å². The second-order valence-electron chi connectivity index (χ2n) is 8.89. The van der Waals surface area contributed by atoms with Crippen LogP contribution in [0.25, 0.3) is 22.0 Å². The molecule has 2 atom stereocenters. The molecule has 0 aliphatic carbocycles. The van der Waals surface area contributed by atoms with E-state index >= 15 is 0 Å². The highest BCUT2D eigenvalue weighted by Crippen LogP contribution is 2.37. The Kier molecular flexibility index (Phi) is 5.03. The van der Waals surface area contributed by atoms with Crippen molar-refractivity contribution in [1.82, 2.24) is 9.88 Å². The summed E-state index contributed by atoms with van der Waals surface area (Å²) in [5.74, 6) is -0.583. The van der Waals surface area contributed by atoms with Gasteiger partial charge in [-0.1, -0.05) is 42.5 Å². The minimum absolute atomic E-state index is 0.118. The molecule has 2 aliphatic rings. The van der Waals surface area contributed by atoms with E-state index in [2.05, 4.69) is 5.32 Å². The van der Waals surface area contributed by atoms with Gasteiger partial charge < -0.3 is 14.6 Å². The van der Waals surface area contributed by atoms with E-state index in [1.54, 1.807) is 16.7 Å². The van der Waals surface area contributed by atoms with Gasteiger partial charge in [-0.3, -0.25) is 4.79 Å². The molecule has 6 heteroatoms. The molecule has 3 heterocycles. The molecule has 34 heavy (non-hydrogen) atoms. The summed E-state index contributed by atoms with van der Waals surface area (Å²) in [6.45, 7) is 1.03. The molecule has 170 valence electrons. The first kappa shape index (κ1) is 20.8. The predicted molar refractivity (Wildman–Crippen MR) is 128 cm³/mol. The summed E-state index contributed by atoms with van der Waals surface area (Å²) in [7, 11) is 0. The number of cyclic esters (lactones) is 1. The molecule has 0 saturated heterocycles. The summed E-state index contributed by atoms with van der Waals surface area (Å²) in [6.07, 6.45) is 1.14. The molecule has 1 N–H and O–H groups in total. The maximum atomic E-state index is 14.6. The number of esters is 1. The summed E-state index contributed by atoms with van der Waals surface area (Å²) in [6, 6.07) is 22.1. The first-order chi connectivity index (χ1) is 16.6. The normalized spacial score (nSPS) is 18.3. The van der Waals surface area contributed by atoms with Crippen LogP contribution in [0.2, 0.25) is 0 Å². The van der Waals surface area contributed by atoms with Crippen LogP contribution in [-0.2, 0) is 11.3 Å². The van der Waals surface area contributed by atoms with Crippen LogP contribution in [0.5, 0.6) is 0 Å². The molecule has 2 aliphatic heterocycles. The Morgan fingerprint density at radius 3 is 2.65 bits per heavy atom. The van der Waals surface area contributed by atoms with E-state index in [0.717, 1.165) is 28.5 Å². The molecule has 0 amide bonds. The molecule has 0 fully saturated rings. The lowest BCUT2D eigenvalue weighted by molar-refractivity contribution is 0.0364. The molecule has 0 spiro atoms. The highest BCUT2D eigenvalue weighted by Gasteiger charge is 2.31. The highest BCUT2D eigenvalue weighted by molar-refractivity contribution is 5.95. The van der Waals surface area contributed by atoms with Crippen molar-refractivity contribution in [3.8, 4) is 11.1 Å². The van der Waals surface area contributed by atoms with Crippen molar-refractivity contribution in [2.45, 2.75) is 31.5 Å². The number of pyridine rings is 1. The zero-order valence-corrected chi connectivity index (χ0v) is 18.5. The van der Waals surface area contributed by atoms with Crippen LogP contribution < -0.4 is 10.9 Å². The molecule has 0 saturated carbocycles. The van der Waals surface area contributed by atoms with Crippen molar-refractivity contribution >= 4 is 16.9 Å². The van der Waals surface area contributed by atoms with E-state index in [-0.39, 0.29) is 29.5 Å². The molecule has 0 radical (unpaired) electrons. The Morgan fingerprint density at radius 1 is 0.971 bits per heavy atom. The van der Waals surface area contributed by atoms with E-state index in [1.807, 2.05) is 48.5 Å². The number of hydrogen-bond donors (Lipinski definition) is 1. The second kappa shape index (κ2) is 8.22. The third-order valence-electron chi connectivity index (χ3n) is 6.86. The van der Waals surface area contributed by atoms with Crippen molar-refractivity contribution in [2.75, 3.05) is 6.54 Å². The zero-order chi connectivity index (χ0) is 23.2. The van der Waals surface area contributed by atoms with Crippen LogP contribution in [0.15, 0.2) is 77.6 Å². The molecule has 4 aromatic rings. The second-order valence-corrected chi connectivity index (χ2v) is 8.89. The fourth-order valence-corrected chi connectivity index (χ4v) is 5.21. The van der Waals surface area contributed by atoms with Gasteiger partial charge in [0.1, 0.15) is 11.9 Å². The van der Waals surface area contributed by atoms with E-state index in [4.69, 9.17) is 4.74 Å². The van der Waals surface area contributed by atoms with Crippen LogP contribution in [0, 0.1) is 5.82 Å². The number of carbonyl (C=O) groups excluding carboxylic acids is 1. The van der Waals surface area contributed by atoms with E-state index in [1.165, 1.54) is 12.1 Å². The van der Waals surface area contributed by atoms with Gasteiger partial charge in [-0.25, -0.2) is 9.18 Å². The number of rotatable bonds is 6. The summed E-state index contributed by atoms with van der Waals surface area (Å²) in [5.41, 5.74) is 4.71. The maximum Gasteiger partial charge on any atom is 0.339 e. The standard InChI is InChI=1S/C28H23FN2O3/c29-22-12-9-18-10-13-25(32)31-16-23(26(22)27(18)31)30-14-4-7-24-20-11-8-19(15-21(20)28(33)34-24)17-5-2-1-3-6-17/h1-3,5-6,8-13,15,23-24,30H,4,7,14,16H2/t23-,24+/m1/s1. The number of carbonyl (C=O) groups is 1. The molecule has 0 unspecified atom stereocenters. The van der Waals surface area contributed by atoms with Gasteiger partial charge in [0.25, 0.3) is 5.56 Å². The van der Waals surface area contributed by atoms with E-state index < -0.39 is 0 Å². The topological polar surface area (TPSA) is 60.3 Å². The van der Waals surface area contributed by atoms with Crippen molar-refractivity contribution in [2.24, 2.45) is 0 Å². The number of halogens is 1. The Labute approximate surface area is 195 Å². The monoisotopic (exact) mass is 454 g/mol. The lowest BCUT2D eigenvalue weighted by Crippen LogP contribution is -2.26. The molecule has 3 aromatic carbocycles. The molecule has 1 aromatic heterocycles. The van der Waals surface area contributed by atoms with Gasteiger partial charge in [-0.15, -0.1) is 0 Å². The summed E-state index contributed by atoms with van der Waals surface area (Å²) < 4.78 is 21.9. The van der Waals surface area contributed by atoms with E-state index in [0.29, 0.717) is 36.2 Å². The van der Waals surface area contributed by atoms with Gasteiger partial charge >= 0.3 is 5.97 Å². The van der Waals surface area contributed by atoms with Gasteiger partial charge in [0.05, 0.1) is 17.1 Å². The van der Waals surface area contributed by atoms with Crippen LogP contribution >= 0.6 is 0 Å². The SMILES string of the molecule is O=C1O[C@@H](CCCN[C@@H]2Cn3c(=O)ccc4ccc(F)c2c43)c2ccc(-c3ccccc3)cc21. The van der Waals surface area contributed by atoms with Gasteiger partial charge in [-0.05, 0) is 60.2 Å². The Bertz CT molecular complexity index is 1480. The number of fused-ring (bicyclic) bond motifs is 1. The van der Waals surface area contributed by atoms with Crippen molar-refractivity contribution < 1.29 is 13.9 Å². The minimum Gasteiger partial charge on any atom is -0.454 e. The third-order valence-corrected chi connectivity index (χ3v) is 6.86. The molecule has 6 rings (SSSR count). The number of nitrogens with one attached hydrogen (secondary N) is 1. The Hall–Kier alpha value is -3.77. The zero-order valence-electron chi connectivity index (χ0n) is 18.5. The average Bonchev–Trinajstić information content (AvgIpc) is 3.40. The lowest BCUT2D eigenvalue weighted by Gasteiger charge is -2.15. The van der Waals surface area contributed by atoms with Crippen LogP contribution in [0.3, 0.4) is 0 Å². The maximum absolute atomic E-state index is 14.6. The summed E-state index contributed by atoms with van der Waals surface area (Å²) in [5, 5.41) is 4.27. The van der Waals surface area contributed by atoms with Crippen LogP contribution in [-0.4, -0.2) is 17.1 Å². The number of ether oxygens (including phenoxy) is 1. The van der Waals surface area contributed by atoms with Crippen molar-refractivity contribution in [3.63, 3.8) is 0 Å². The third kappa shape index (κ3) is 3.42. The molecular formula is C28H23FN2O3. The Morgan fingerprint density at radius 2 is 1.79 bits per heavy atom. The van der Waals surface area contributed by atoms with Gasteiger partial charge in [0.2, 0.25) is 0 Å². The smallest absolute Gasteiger partial charge is 0.339 e. The van der Waals surface area contributed by atoms with Crippen molar-refractivity contribution in [1.29, 1.82) is 0 Å². The average molecular weight is 455 g/mol. The van der Waals surface area contributed by atoms with Gasteiger partial charge in [-0.2, -0.15) is 0 Å². The first-order valence-electron chi connectivity index (χ1n) is 11.6. The minimum atomic E-state index is -0.297. The summed E-state index contributed by atoms with van der Waals surface area (Å²) >= 11 is 0. The number of hydrogen-bond acceptors (Lipinski definition) is 4. The highest BCUT2D eigenvalue weighted by atomic mass is 19.1. The number of aromatic nitrogens is 1. The molecular weight excluding hydrogens is 431 g/mol. The van der Waals surface area contributed by atoms with Crippen LogP contribution in [0.4, 0.5) is 4.39 Å². The molecule has 5 nitrogen and oxygen atoms in total. The Balaban J connectivity index is 1.13.